The molecule has 27 heavy (non-hydrogen) atoms. The van der Waals surface area contributed by atoms with Gasteiger partial charge in [-0.05, 0) is 61.7 Å². The Kier molecular flexibility index (Phi) is 4.82. The normalized spacial score (nSPS) is 14.8. The van der Waals surface area contributed by atoms with Crippen molar-refractivity contribution < 1.29 is 4.79 Å². The van der Waals surface area contributed by atoms with Crippen LogP contribution in [0.1, 0.15) is 27.0 Å². The van der Waals surface area contributed by atoms with E-state index in [9.17, 15) is 4.79 Å². The number of aromatic nitrogens is 1. The van der Waals surface area contributed by atoms with Gasteiger partial charge in [0.25, 0.3) is 5.91 Å². The van der Waals surface area contributed by atoms with Gasteiger partial charge in [0.2, 0.25) is 0 Å². The Labute approximate surface area is 168 Å². The van der Waals surface area contributed by atoms with Gasteiger partial charge < -0.3 is 9.80 Å². The van der Waals surface area contributed by atoms with Crippen molar-refractivity contribution in [3.05, 3.63) is 57.6 Å². The molecule has 1 amide bonds. The molecule has 4 nitrogen and oxygen atoms in total. The van der Waals surface area contributed by atoms with Crippen LogP contribution in [0.4, 0.5) is 5.13 Å². The van der Waals surface area contributed by atoms with E-state index < -0.39 is 0 Å². The summed E-state index contributed by atoms with van der Waals surface area (Å²) in [7, 11) is 0. The molecule has 6 heteroatoms. The molecule has 1 saturated heterocycles. The maximum absolute atomic E-state index is 12.8. The van der Waals surface area contributed by atoms with Crippen molar-refractivity contribution in [2.75, 3.05) is 31.1 Å². The molecule has 4 rings (SSSR count). The molecular formula is C21H22ClN3OS. The lowest BCUT2D eigenvalue weighted by molar-refractivity contribution is 0.0746. The third-order valence-corrected chi connectivity index (χ3v) is 6.82. The van der Waals surface area contributed by atoms with Crippen molar-refractivity contribution in [1.82, 2.24) is 9.88 Å². The number of amides is 1. The number of benzene rings is 2. The second-order valence-electron chi connectivity index (χ2n) is 7.09. The van der Waals surface area contributed by atoms with Gasteiger partial charge in [-0.25, -0.2) is 4.98 Å². The SMILES string of the molecule is Cc1ccc(C(=O)N2CCN(c3nc4c(C)c(Cl)ccc4s3)CC2)cc1C. The fourth-order valence-corrected chi connectivity index (χ4v) is 4.61. The maximum Gasteiger partial charge on any atom is 0.253 e. The Morgan fingerprint density at radius 1 is 1.04 bits per heavy atom. The Hall–Kier alpha value is -2.11. The molecule has 0 spiro atoms. The minimum absolute atomic E-state index is 0.115. The number of nitrogens with zero attached hydrogens (tertiary/aromatic N) is 3. The summed E-state index contributed by atoms with van der Waals surface area (Å²) < 4.78 is 1.15. The van der Waals surface area contributed by atoms with Crippen LogP contribution in [0.15, 0.2) is 30.3 Å². The number of rotatable bonds is 2. The van der Waals surface area contributed by atoms with Crippen molar-refractivity contribution in [2.24, 2.45) is 0 Å². The summed E-state index contributed by atoms with van der Waals surface area (Å²) in [6.07, 6.45) is 0. The van der Waals surface area contributed by atoms with E-state index in [1.54, 1.807) is 11.3 Å². The lowest BCUT2D eigenvalue weighted by Gasteiger charge is -2.34. The summed E-state index contributed by atoms with van der Waals surface area (Å²) in [5.41, 5.74) is 5.15. The van der Waals surface area contributed by atoms with Gasteiger partial charge in [-0.1, -0.05) is 29.0 Å². The highest BCUT2D eigenvalue weighted by atomic mass is 35.5. The van der Waals surface area contributed by atoms with Crippen LogP contribution in [0.3, 0.4) is 0 Å². The number of halogens is 1. The van der Waals surface area contributed by atoms with Crippen LogP contribution >= 0.6 is 22.9 Å². The molecule has 2 aromatic carbocycles. The number of anilines is 1. The van der Waals surface area contributed by atoms with E-state index in [0.29, 0.717) is 13.1 Å². The highest BCUT2D eigenvalue weighted by Crippen LogP contribution is 2.33. The fourth-order valence-electron chi connectivity index (χ4n) is 3.38. The van der Waals surface area contributed by atoms with E-state index in [4.69, 9.17) is 16.6 Å². The van der Waals surface area contributed by atoms with E-state index >= 15 is 0 Å². The Balaban J connectivity index is 1.48. The minimum Gasteiger partial charge on any atom is -0.345 e. The number of carbonyl (C=O) groups excluding carboxylic acids is 1. The Morgan fingerprint density at radius 3 is 2.48 bits per heavy atom. The quantitative estimate of drug-likeness (QED) is 0.618. The molecule has 0 saturated carbocycles. The molecule has 1 aromatic heterocycles. The molecule has 1 aliphatic heterocycles. The van der Waals surface area contributed by atoms with Crippen molar-refractivity contribution >= 4 is 44.2 Å². The largest absolute Gasteiger partial charge is 0.345 e. The van der Waals surface area contributed by atoms with Crippen LogP contribution in [0.25, 0.3) is 10.2 Å². The van der Waals surface area contributed by atoms with Gasteiger partial charge in [0.1, 0.15) is 0 Å². The van der Waals surface area contributed by atoms with E-state index in [-0.39, 0.29) is 5.91 Å². The smallest absolute Gasteiger partial charge is 0.253 e. The predicted molar refractivity (Wildman–Crippen MR) is 113 cm³/mol. The summed E-state index contributed by atoms with van der Waals surface area (Å²) in [5, 5.41) is 1.76. The van der Waals surface area contributed by atoms with Gasteiger partial charge in [0.15, 0.2) is 5.13 Å². The van der Waals surface area contributed by atoms with Crippen LogP contribution < -0.4 is 4.90 Å². The molecule has 1 fully saturated rings. The highest BCUT2D eigenvalue weighted by molar-refractivity contribution is 7.22. The van der Waals surface area contributed by atoms with Gasteiger partial charge >= 0.3 is 0 Å². The zero-order chi connectivity index (χ0) is 19.1. The molecule has 1 aliphatic rings. The lowest BCUT2D eigenvalue weighted by atomic mass is 10.1. The van der Waals surface area contributed by atoms with E-state index in [1.807, 2.05) is 49.1 Å². The minimum atomic E-state index is 0.115. The van der Waals surface area contributed by atoms with E-state index in [1.165, 1.54) is 5.56 Å². The topological polar surface area (TPSA) is 36.4 Å². The van der Waals surface area contributed by atoms with E-state index in [2.05, 4.69) is 11.8 Å². The van der Waals surface area contributed by atoms with Crippen LogP contribution in [-0.2, 0) is 0 Å². The number of thiazole rings is 1. The average molecular weight is 400 g/mol. The number of carbonyl (C=O) groups is 1. The van der Waals surface area contributed by atoms with Gasteiger partial charge in [-0.2, -0.15) is 0 Å². The van der Waals surface area contributed by atoms with Crippen molar-refractivity contribution in [3.8, 4) is 0 Å². The standard InChI is InChI=1S/C21H22ClN3OS/c1-13-4-5-16(12-14(13)2)20(26)24-8-10-25(11-9-24)21-23-19-15(3)17(22)6-7-18(19)27-21/h4-7,12H,8-11H2,1-3H3. The molecule has 0 unspecified atom stereocenters. The van der Waals surface area contributed by atoms with Crippen LogP contribution in [0, 0.1) is 20.8 Å². The maximum atomic E-state index is 12.8. The molecule has 0 bridgehead atoms. The average Bonchev–Trinajstić information content (AvgIpc) is 3.12. The molecule has 0 aliphatic carbocycles. The van der Waals surface area contributed by atoms with Crippen molar-refractivity contribution in [2.45, 2.75) is 20.8 Å². The number of aryl methyl sites for hydroxylation is 3. The zero-order valence-corrected chi connectivity index (χ0v) is 17.3. The highest BCUT2D eigenvalue weighted by Gasteiger charge is 2.24. The van der Waals surface area contributed by atoms with Crippen LogP contribution in [-0.4, -0.2) is 42.0 Å². The lowest BCUT2D eigenvalue weighted by Crippen LogP contribution is -2.48. The third kappa shape index (κ3) is 3.42. The summed E-state index contributed by atoms with van der Waals surface area (Å²) >= 11 is 7.91. The molecule has 0 radical (unpaired) electrons. The molecule has 3 aromatic rings. The Bertz CT molecular complexity index is 1020. The summed E-state index contributed by atoms with van der Waals surface area (Å²) in [6, 6.07) is 9.90. The summed E-state index contributed by atoms with van der Waals surface area (Å²) in [6.45, 7) is 9.13. The summed E-state index contributed by atoms with van der Waals surface area (Å²) in [4.78, 5) is 21.8. The van der Waals surface area contributed by atoms with Crippen LogP contribution in [0.2, 0.25) is 5.02 Å². The predicted octanol–water partition coefficient (Wildman–Crippen LogP) is 4.84. The van der Waals surface area contributed by atoms with Crippen molar-refractivity contribution in [3.63, 3.8) is 0 Å². The van der Waals surface area contributed by atoms with E-state index in [0.717, 1.165) is 50.2 Å². The number of fused-ring (bicyclic) bond motifs is 1. The molecule has 0 N–H and O–H groups in total. The molecule has 2 heterocycles. The van der Waals surface area contributed by atoms with Crippen LogP contribution in [0.5, 0.6) is 0 Å². The monoisotopic (exact) mass is 399 g/mol. The van der Waals surface area contributed by atoms with Gasteiger partial charge in [0, 0.05) is 36.8 Å². The third-order valence-electron chi connectivity index (χ3n) is 5.33. The zero-order valence-electron chi connectivity index (χ0n) is 15.8. The fraction of sp³-hybridized carbons (Fsp3) is 0.333. The van der Waals surface area contributed by atoms with Gasteiger partial charge in [-0.3, -0.25) is 4.79 Å². The molecular weight excluding hydrogens is 378 g/mol. The number of piperazine rings is 1. The number of hydrogen-bond donors (Lipinski definition) is 0. The second kappa shape index (κ2) is 7.13. The first-order valence-electron chi connectivity index (χ1n) is 9.11. The first-order chi connectivity index (χ1) is 12.9. The molecule has 0 atom stereocenters. The first kappa shape index (κ1) is 18.3. The molecule has 140 valence electrons. The number of hydrogen-bond acceptors (Lipinski definition) is 4. The van der Waals surface area contributed by atoms with Gasteiger partial charge in [-0.15, -0.1) is 0 Å². The summed E-state index contributed by atoms with van der Waals surface area (Å²) in [5.74, 6) is 0.115. The first-order valence-corrected chi connectivity index (χ1v) is 10.3. The second-order valence-corrected chi connectivity index (χ2v) is 8.51. The Morgan fingerprint density at radius 2 is 1.78 bits per heavy atom. The van der Waals surface area contributed by atoms with Crippen molar-refractivity contribution in [1.29, 1.82) is 0 Å². The van der Waals surface area contributed by atoms with Gasteiger partial charge in [0.05, 0.1) is 10.2 Å².